The Morgan fingerprint density at radius 3 is 2.71 bits per heavy atom. The molecule has 3 nitrogen and oxygen atoms in total. The van der Waals surface area contributed by atoms with E-state index < -0.39 is 0 Å². The Balaban J connectivity index is 1.77. The van der Waals surface area contributed by atoms with Crippen LogP contribution in [0, 0.1) is 12.8 Å². The zero-order valence-corrected chi connectivity index (χ0v) is 13.2. The predicted octanol–water partition coefficient (Wildman–Crippen LogP) is 4.58. The van der Waals surface area contributed by atoms with Crippen LogP contribution in [0.2, 0.25) is 0 Å². The number of amides is 1. The van der Waals surface area contributed by atoms with E-state index >= 15 is 0 Å². The number of thiophene rings is 1. The SMILES string of the molecule is CC(=O)Nc1ccc(NC(c2cccs2)C2CC2)cc1C. The van der Waals surface area contributed by atoms with Crippen LogP contribution in [0.5, 0.6) is 0 Å². The number of carbonyl (C=O) groups excluding carboxylic acids is 1. The van der Waals surface area contributed by atoms with Crippen LogP contribution in [-0.2, 0) is 4.79 Å². The molecule has 2 aromatic rings. The van der Waals surface area contributed by atoms with Crippen molar-refractivity contribution in [3.8, 4) is 0 Å². The van der Waals surface area contributed by atoms with Gasteiger partial charge in [-0.15, -0.1) is 11.3 Å². The Bertz CT molecular complexity index is 632. The predicted molar refractivity (Wildman–Crippen MR) is 88.9 cm³/mol. The summed E-state index contributed by atoms with van der Waals surface area (Å²) in [5, 5.41) is 8.65. The fourth-order valence-electron chi connectivity index (χ4n) is 2.58. The molecule has 0 saturated heterocycles. The second-order valence-corrected chi connectivity index (χ2v) is 6.67. The first kappa shape index (κ1) is 14.1. The molecule has 1 aromatic carbocycles. The first-order chi connectivity index (χ1) is 10.1. The summed E-state index contributed by atoms with van der Waals surface area (Å²) in [5.74, 6) is 0.715. The molecular formula is C17H20N2OS. The van der Waals surface area contributed by atoms with Gasteiger partial charge in [-0.2, -0.15) is 0 Å². The second-order valence-electron chi connectivity index (χ2n) is 5.69. The number of anilines is 2. The zero-order valence-electron chi connectivity index (χ0n) is 12.3. The van der Waals surface area contributed by atoms with Crippen LogP contribution in [0.25, 0.3) is 0 Å². The van der Waals surface area contributed by atoms with E-state index in [4.69, 9.17) is 0 Å². The van der Waals surface area contributed by atoms with E-state index in [1.807, 2.05) is 30.4 Å². The van der Waals surface area contributed by atoms with E-state index in [1.165, 1.54) is 24.6 Å². The summed E-state index contributed by atoms with van der Waals surface area (Å²) in [6.07, 6.45) is 2.61. The maximum absolute atomic E-state index is 11.2. The quantitative estimate of drug-likeness (QED) is 0.848. The lowest BCUT2D eigenvalue weighted by Gasteiger charge is -2.19. The van der Waals surface area contributed by atoms with Gasteiger partial charge in [-0.05, 0) is 60.9 Å². The largest absolute Gasteiger partial charge is 0.377 e. The second kappa shape index (κ2) is 5.90. The standard InChI is InChI=1S/C17H20N2OS/c1-11-10-14(7-8-15(11)18-12(2)20)19-17(13-5-6-13)16-4-3-9-21-16/h3-4,7-10,13,17,19H,5-6H2,1-2H3,(H,18,20). The molecule has 1 aromatic heterocycles. The van der Waals surface area contributed by atoms with E-state index in [0.717, 1.165) is 22.9 Å². The molecule has 1 amide bonds. The highest BCUT2D eigenvalue weighted by Gasteiger charge is 2.32. The zero-order chi connectivity index (χ0) is 14.8. The molecule has 1 atom stereocenters. The Morgan fingerprint density at radius 1 is 1.33 bits per heavy atom. The highest BCUT2D eigenvalue weighted by Crippen LogP contribution is 2.44. The Kier molecular flexibility index (Phi) is 3.97. The van der Waals surface area contributed by atoms with Crippen molar-refractivity contribution in [1.82, 2.24) is 0 Å². The molecule has 0 aliphatic heterocycles. The summed E-state index contributed by atoms with van der Waals surface area (Å²) in [4.78, 5) is 12.6. The van der Waals surface area contributed by atoms with Crippen molar-refractivity contribution in [2.45, 2.75) is 32.7 Å². The molecule has 21 heavy (non-hydrogen) atoms. The minimum absolute atomic E-state index is 0.0340. The summed E-state index contributed by atoms with van der Waals surface area (Å²) in [6.45, 7) is 3.55. The van der Waals surface area contributed by atoms with E-state index in [2.05, 4.69) is 34.2 Å². The number of hydrogen-bond donors (Lipinski definition) is 2. The number of benzene rings is 1. The molecule has 1 unspecified atom stereocenters. The minimum atomic E-state index is -0.0340. The average molecular weight is 300 g/mol. The fourth-order valence-corrected chi connectivity index (χ4v) is 3.45. The third kappa shape index (κ3) is 3.45. The molecule has 0 radical (unpaired) electrons. The van der Waals surface area contributed by atoms with Crippen molar-refractivity contribution in [3.05, 3.63) is 46.2 Å². The first-order valence-corrected chi connectivity index (χ1v) is 8.19. The molecule has 4 heteroatoms. The van der Waals surface area contributed by atoms with Gasteiger partial charge in [0, 0.05) is 23.2 Å². The van der Waals surface area contributed by atoms with Crippen molar-refractivity contribution in [1.29, 1.82) is 0 Å². The van der Waals surface area contributed by atoms with Crippen molar-refractivity contribution in [2.75, 3.05) is 10.6 Å². The van der Waals surface area contributed by atoms with Crippen LogP contribution < -0.4 is 10.6 Å². The maximum Gasteiger partial charge on any atom is 0.221 e. The molecule has 110 valence electrons. The molecule has 1 saturated carbocycles. The van der Waals surface area contributed by atoms with E-state index in [9.17, 15) is 4.79 Å². The van der Waals surface area contributed by atoms with Crippen LogP contribution in [0.3, 0.4) is 0 Å². The Labute approximate surface area is 129 Å². The molecule has 3 rings (SSSR count). The van der Waals surface area contributed by atoms with Crippen LogP contribution in [-0.4, -0.2) is 5.91 Å². The van der Waals surface area contributed by atoms with Gasteiger partial charge in [0.1, 0.15) is 0 Å². The van der Waals surface area contributed by atoms with Gasteiger partial charge in [0.25, 0.3) is 0 Å². The molecule has 1 aliphatic rings. The molecule has 1 fully saturated rings. The van der Waals surface area contributed by atoms with E-state index in [-0.39, 0.29) is 5.91 Å². The van der Waals surface area contributed by atoms with E-state index in [1.54, 1.807) is 0 Å². The third-order valence-electron chi connectivity index (χ3n) is 3.80. The van der Waals surface area contributed by atoms with Gasteiger partial charge in [-0.25, -0.2) is 0 Å². The lowest BCUT2D eigenvalue weighted by molar-refractivity contribution is -0.114. The van der Waals surface area contributed by atoms with Gasteiger partial charge in [-0.1, -0.05) is 6.07 Å². The minimum Gasteiger partial charge on any atom is -0.377 e. The van der Waals surface area contributed by atoms with Crippen LogP contribution in [0.15, 0.2) is 35.7 Å². The normalized spacial score (nSPS) is 15.5. The summed E-state index contributed by atoms with van der Waals surface area (Å²) in [7, 11) is 0. The van der Waals surface area contributed by atoms with Crippen LogP contribution in [0.4, 0.5) is 11.4 Å². The summed E-state index contributed by atoms with van der Waals surface area (Å²) >= 11 is 1.81. The van der Waals surface area contributed by atoms with Crippen molar-refractivity contribution in [3.63, 3.8) is 0 Å². The lowest BCUT2D eigenvalue weighted by Crippen LogP contribution is -2.12. The Morgan fingerprint density at radius 2 is 2.14 bits per heavy atom. The van der Waals surface area contributed by atoms with E-state index in [0.29, 0.717) is 6.04 Å². The number of rotatable bonds is 5. The Hall–Kier alpha value is -1.81. The van der Waals surface area contributed by atoms with Crippen LogP contribution >= 0.6 is 11.3 Å². The number of carbonyl (C=O) groups is 1. The molecule has 2 N–H and O–H groups in total. The van der Waals surface area contributed by atoms with Crippen molar-refractivity contribution < 1.29 is 4.79 Å². The van der Waals surface area contributed by atoms with Gasteiger partial charge >= 0.3 is 0 Å². The summed E-state index contributed by atoms with van der Waals surface area (Å²) < 4.78 is 0. The smallest absolute Gasteiger partial charge is 0.221 e. The van der Waals surface area contributed by atoms with Gasteiger partial charge in [-0.3, -0.25) is 4.79 Å². The first-order valence-electron chi connectivity index (χ1n) is 7.31. The van der Waals surface area contributed by atoms with Gasteiger partial charge < -0.3 is 10.6 Å². The lowest BCUT2D eigenvalue weighted by atomic mass is 10.1. The number of aryl methyl sites for hydroxylation is 1. The summed E-state index contributed by atoms with van der Waals surface area (Å²) in [5.41, 5.74) is 3.08. The number of nitrogens with one attached hydrogen (secondary N) is 2. The van der Waals surface area contributed by atoms with Crippen LogP contribution in [0.1, 0.15) is 36.2 Å². The summed E-state index contributed by atoms with van der Waals surface area (Å²) in [6, 6.07) is 10.9. The molecule has 1 aliphatic carbocycles. The van der Waals surface area contributed by atoms with Crippen molar-refractivity contribution in [2.24, 2.45) is 5.92 Å². The van der Waals surface area contributed by atoms with Gasteiger partial charge in [0.2, 0.25) is 5.91 Å². The van der Waals surface area contributed by atoms with Gasteiger partial charge in [0.15, 0.2) is 0 Å². The average Bonchev–Trinajstić information content (AvgIpc) is 3.13. The highest BCUT2D eigenvalue weighted by atomic mass is 32.1. The monoisotopic (exact) mass is 300 g/mol. The van der Waals surface area contributed by atoms with Gasteiger partial charge in [0.05, 0.1) is 6.04 Å². The number of hydrogen-bond acceptors (Lipinski definition) is 3. The highest BCUT2D eigenvalue weighted by molar-refractivity contribution is 7.10. The third-order valence-corrected chi connectivity index (χ3v) is 4.76. The maximum atomic E-state index is 11.2. The topological polar surface area (TPSA) is 41.1 Å². The van der Waals surface area contributed by atoms with Crippen molar-refractivity contribution >= 4 is 28.6 Å². The molecule has 1 heterocycles. The fraction of sp³-hybridized carbons (Fsp3) is 0.353. The molecule has 0 bridgehead atoms. The molecular weight excluding hydrogens is 280 g/mol. The molecule has 0 spiro atoms.